The summed E-state index contributed by atoms with van der Waals surface area (Å²) in [6.45, 7) is 9.87. The van der Waals surface area contributed by atoms with Crippen LogP contribution in [0.25, 0.3) is 0 Å². The first kappa shape index (κ1) is 15.5. The molecular formula is C15H29N. The van der Waals surface area contributed by atoms with Crippen LogP contribution in [0.15, 0.2) is 0 Å². The van der Waals surface area contributed by atoms with Gasteiger partial charge in [0.05, 0.1) is 0 Å². The zero-order valence-corrected chi connectivity index (χ0v) is 11.6. The maximum atomic E-state index is 3.45. The first-order chi connectivity index (χ1) is 7.63. The van der Waals surface area contributed by atoms with E-state index >= 15 is 0 Å². The van der Waals surface area contributed by atoms with Gasteiger partial charge in [-0.1, -0.05) is 47.0 Å². The summed E-state index contributed by atoms with van der Waals surface area (Å²) in [5, 5.41) is 3.45. The van der Waals surface area contributed by atoms with Crippen molar-refractivity contribution in [1.29, 1.82) is 0 Å². The quantitative estimate of drug-likeness (QED) is 0.485. The zero-order chi connectivity index (χ0) is 12.2. The largest absolute Gasteiger partial charge is 0.315 e. The average molecular weight is 223 g/mol. The van der Waals surface area contributed by atoms with Crippen molar-refractivity contribution >= 4 is 0 Å². The second kappa shape index (κ2) is 11.0. The molecule has 94 valence electrons. The summed E-state index contributed by atoms with van der Waals surface area (Å²) in [4.78, 5) is 0. The fourth-order valence-corrected chi connectivity index (χ4v) is 1.54. The molecule has 0 saturated carbocycles. The molecule has 0 aliphatic rings. The van der Waals surface area contributed by atoms with Gasteiger partial charge in [0.2, 0.25) is 0 Å². The Morgan fingerprint density at radius 1 is 0.875 bits per heavy atom. The van der Waals surface area contributed by atoms with Gasteiger partial charge in [-0.2, -0.15) is 0 Å². The lowest BCUT2D eigenvalue weighted by atomic mass is 10.1. The Morgan fingerprint density at radius 3 is 2.12 bits per heavy atom. The van der Waals surface area contributed by atoms with E-state index in [1.807, 2.05) is 0 Å². The van der Waals surface area contributed by atoms with E-state index in [1.54, 1.807) is 0 Å². The fraction of sp³-hybridized carbons (Fsp3) is 0.867. The van der Waals surface area contributed by atoms with Gasteiger partial charge in [-0.05, 0) is 19.4 Å². The normalized spacial score (nSPS) is 10.6. The summed E-state index contributed by atoms with van der Waals surface area (Å²) in [6, 6.07) is 0.631. The molecule has 0 bridgehead atoms. The monoisotopic (exact) mass is 223 g/mol. The standard InChI is InChI=1S/C15H29N/c1-14(2)12-10-8-6-5-7-9-11-13-16-15(3)4/h14-16H,5-9,11,13H2,1-4H3. The molecule has 16 heavy (non-hydrogen) atoms. The van der Waals surface area contributed by atoms with E-state index < -0.39 is 0 Å². The fourth-order valence-electron chi connectivity index (χ4n) is 1.54. The van der Waals surface area contributed by atoms with Crippen molar-refractivity contribution in [1.82, 2.24) is 5.32 Å². The SMILES string of the molecule is CC(C)C#CCCCCCCCNC(C)C. The molecule has 0 atom stereocenters. The summed E-state index contributed by atoms with van der Waals surface area (Å²) in [7, 11) is 0. The molecule has 0 aromatic heterocycles. The Labute approximate surface area is 102 Å². The highest BCUT2D eigenvalue weighted by Gasteiger charge is 1.92. The third-order valence-corrected chi connectivity index (χ3v) is 2.42. The van der Waals surface area contributed by atoms with Crippen LogP contribution in [-0.2, 0) is 0 Å². The van der Waals surface area contributed by atoms with Gasteiger partial charge in [0, 0.05) is 18.4 Å². The molecule has 0 fully saturated rings. The van der Waals surface area contributed by atoms with Crippen molar-refractivity contribution in [2.75, 3.05) is 6.54 Å². The van der Waals surface area contributed by atoms with Crippen LogP contribution in [0.1, 0.15) is 66.2 Å². The molecule has 0 heterocycles. The molecule has 0 saturated heterocycles. The summed E-state index contributed by atoms with van der Waals surface area (Å²) in [5.41, 5.74) is 0. The van der Waals surface area contributed by atoms with Gasteiger partial charge >= 0.3 is 0 Å². The van der Waals surface area contributed by atoms with Crippen LogP contribution < -0.4 is 5.32 Å². The molecule has 1 N–H and O–H groups in total. The molecule has 1 nitrogen and oxygen atoms in total. The lowest BCUT2D eigenvalue weighted by Crippen LogP contribution is -2.23. The summed E-state index contributed by atoms with van der Waals surface area (Å²) in [6.07, 6.45) is 7.74. The molecule has 0 radical (unpaired) electrons. The van der Waals surface area contributed by atoms with Crippen molar-refractivity contribution in [3.05, 3.63) is 0 Å². The predicted molar refractivity (Wildman–Crippen MR) is 73.5 cm³/mol. The maximum Gasteiger partial charge on any atom is 0.0146 e. The highest BCUT2D eigenvalue weighted by Crippen LogP contribution is 2.04. The third kappa shape index (κ3) is 13.5. The third-order valence-electron chi connectivity index (χ3n) is 2.42. The Bertz CT molecular complexity index is 195. The Hall–Kier alpha value is -0.480. The summed E-state index contributed by atoms with van der Waals surface area (Å²) < 4.78 is 0. The zero-order valence-electron chi connectivity index (χ0n) is 11.6. The van der Waals surface area contributed by atoms with Crippen LogP contribution in [0.2, 0.25) is 0 Å². The maximum absolute atomic E-state index is 3.45. The average Bonchev–Trinajstić information content (AvgIpc) is 2.20. The van der Waals surface area contributed by atoms with E-state index in [0.29, 0.717) is 12.0 Å². The molecular weight excluding hydrogens is 194 g/mol. The molecule has 0 amide bonds. The lowest BCUT2D eigenvalue weighted by molar-refractivity contribution is 0.538. The van der Waals surface area contributed by atoms with Gasteiger partial charge in [-0.25, -0.2) is 0 Å². The van der Waals surface area contributed by atoms with E-state index in [2.05, 4.69) is 44.9 Å². The van der Waals surface area contributed by atoms with Crippen LogP contribution in [0.4, 0.5) is 0 Å². The van der Waals surface area contributed by atoms with Gasteiger partial charge in [-0.3, -0.25) is 0 Å². The number of unbranched alkanes of at least 4 members (excludes halogenated alkanes) is 5. The Kier molecular flexibility index (Phi) is 10.7. The molecule has 0 aliphatic carbocycles. The van der Waals surface area contributed by atoms with E-state index in [0.717, 1.165) is 6.42 Å². The first-order valence-corrected chi connectivity index (χ1v) is 6.84. The van der Waals surface area contributed by atoms with Gasteiger partial charge in [-0.15, -0.1) is 11.8 Å². The number of nitrogens with one attached hydrogen (secondary N) is 1. The van der Waals surface area contributed by atoms with E-state index in [-0.39, 0.29) is 0 Å². The van der Waals surface area contributed by atoms with Gasteiger partial charge in [0.25, 0.3) is 0 Å². The van der Waals surface area contributed by atoms with Gasteiger partial charge < -0.3 is 5.32 Å². The second-order valence-corrected chi connectivity index (χ2v) is 5.10. The first-order valence-electron chi connectivity index (χ1n) is 6.84. The molecule has 0 aliphatic heterocycles. The minimum absolute atomic E-state index is 0.530. The summed E-state index contributed by atoms with van der Waals surface area (Å²) in [5.74, 6) is 6.98. The van der Waals surface area contributed by atoms with Gasteiger partial charge in [0.15, 0.2) is 0 Å². The van der Waals surface area contributed by atoms with Crippen LogP contribution in [-0.4, -0.2) is 12.6 Å². The Morgan fingerprint density at radius 2 is 1.50 bits per heavy atom. The van der Waals surface area contributed by atoms with Crippen LogP contribution in [0.3, 0.4) is 0 Å². The van der Waals surface area contributed by atoms with Crippen molar-refractivity contribution in [3.63, 3.8) is 0 Å². The smallest absolute Gasteiger partial charge is 0.0146 e. The second-order valence-electron chi connectivity index (χ2n) is 5.10. The Balaban J connectivity index is 3.08. The lowest BCUT2D eigenvalue weighted by Gasteiger charge is -2.06. The number of hydrogen-bond acceptors (Lipinski definition) is 1. The molecule has 0 spiro atoms. The highest BCUT2D eigenvalue weighted by molar-refractivity contribution is 5.00. The predicted octanol–water partition coefficient (Wildman–Crippen LogP) is 3.98. The minimum atomic E-state index is 0.530. The van der Waals surface area contributed by atoms with Crippen molar-refractivity contribution < 1.29 is 0 Å². The molecule has 0 aromatic carbocycles. The molecule has 0 unspecified atom stereocenters. The van der Waals surface area contributed by atoms with E-state index in [4.69, 9.17) is 0 Å². The van der Waals surface area contributed by atoms with E-state index in [9.17, 15) is 0 Å². The molecule has 0 rings (SSSR count). The minimum Gasteiger partial charge on any atom is -0.315 e. The summed E-state index contributed by atoms with van der Waals surface area (Å²) >= 11 is 0. The highest BCUT2D eigenvalue weighted by atomic mass is 14.9. The van der Waals surface area contributed by atoms with Crippen LogP contribution in [0, 0.1) is 17.8 Å². The van der Waals surface area contributed by atoms with Crippen LogP contribution >= 0.6 is 0 Å². The van der Waals surface area contributed by atoms with E-state index in [1.165, 1.54) is 38.6 Å². The van der Waals surface area contributed by atoms with Crippen LogP contribution in [0.5, 0.6) is 0 Å². The topological polar surface area (TPSA) is 12.0 Å². The van der Waals surface area contributed by atoms with Gasteiger partial charge in [0.1, 0.15) is 0 Å². The molecule has 1 heteroatoms. The number of hydrogen-bond donors (Lipinski definition) is 1. The van der Waals surface area contributed by atoms with Crippen molar-refractivity contribution in [3.8, 4) is 11.8 Å². The van der Waals surface area contributed by atoms with Crippen molar-refractivity contribution in [2.24, 2.45) is 5.92 Å². The number of rotatable bonds is 8. The van der Waals surface area contributed by atoms with Crippen molar-refractivity contribution in [2.45, 2.75) is 72.3 Å². The molecule has 0 aromatic rings.